The third-order valence-corrected chi connectivity index (χ3v) is 5.16. The van der Waals surface area contributed by atoms with Gasteiger partial charge in [0.2, 0.25) is 11.6 Å². The molecule has 0 aliphatic carbocycles. The number of hydrogen-bond donors (Lipinski definition) is 1. The molecule has 0 amide bonds. The van der Waals surface area contributed by atoms with E-state index in [0.717, 1.165) is 5.56 Å². The lowest BCUT2D eigenvalue weighted by Crippen LogP contribution is -2.21. The highest BCUT2D eigenvalue weighted by molar-refractivity contribution is 5.78. The van der Waals surface area contributed by atoms with E-state index >= 15 is 0 Å². The molecule has 4 aromatic rings. The van der Waals surface area contributed by atoms with E-state index in [1.807, 2.05) is 36.4 Å². The number of ether oxygens (including phenoxy) is 2. The maximum Gasteiger partial charge on any atom is 0.354 e. The van der Waals surface area contributed by atoms with Crippen molar-refractivity contribution in [1.82, 2.24) is 15.0 Å². The third-order valence-electron chi connectivity index (χ3n) is 5.16. The van der Waals surface area contributed by atoms with Crippen LogP contribution in [0.15, 0.2) is 79.3 Å². The largest absolute Gasteiger partial charge is 0.486 e. The first-order valence-electron chi connectivity index (χ1n) is 10.6. The van der Waals surface area contributed by atoms with Crippen molar-refractivity contribution >= 4 is 28.8 Å². The molecule has 34 heavy (non-hydrogen) atoms. The van der Waals surface area contributed by atoms with E-state index in [1.165, 1.54) is 6.33 Å². The predicted octanol–water partition coefficient (Wildman–Crippen LogP) is 4.63. The molecule has 0 fully saturated rings. The quantitative estimate of drug-likeness (QED) is 0.314. The minimum absolute atomic E-state index is 0.0562. The molecule has 5 rings (SSSR count). The Balaban J connectivity index is 1.56. The highest BCUT2D eigenvalue weighted by atomic mass is 16.6. The Labute approximate surface area is 195 Å². The lowest BCUT2D eigenvalue weighted by Gasteiger charge is -2.23. The number of aromatic nitrogens is 3. The van der Waals surface area contributed by atoms with Gasteiger partial charge in [0.1, 0.15) is 25.4 Å². The summed E-state index contributed by atoms with van der Waals surface area (Å²) in [5, 5.41) is 15.3. The van der Waals surface area contributed by atoms with Gasteiger partial charge < -0.3 is 19.7 Å². The monoisotopic (exact) mass is 456 g/mol. The Bertz CT molecular complexity index is 1300. The van der Waals surface area contributed by atoms with E-state index in [1.54, 1.807) is 41.4 Å². The van der Waals surface area contributed by atoms with E-state index in [2.05, 4.69) is 20.3 Å². The van der Waals surface area contributed by atoms with Gasteiger partial charge in [0.25, 0.3) is 0 Å². The number of pyridine rings is 1. The van der Waals surface area contributed by atoms with Gasteiger partial charge >= 0.3 is 5.69 Å². The second-order valence-corrected chi connectivity index (χ2v) is 7.39. The number of anilines is 4. The lowest BCUT2D eigenvalue weighted by atomic mass is 10.2. The van der Waals surface area contributed by atoms with Crippen LogP contribution in [0.2, 0.25) is 0 Å². The first kappa shape index (κ1) is 21.1. The van der Waals surface area contributed by atoms with Gasteiger partial charge in [-0.15, -0.1) is 0 Å². The fourth-order valence-corrected chi connectivity index (χ4v) is 3.63. The number of nitrogens with one attached hydrogen (secondary N) is 1. The van der Waals surface area contributed by atoms with E-state index in [0.29, 0.717) is 42.8 Å². The van der Waals surface area contributed by atoms with Gasteiger partial charge in [0, 0.05) is 18.0 Å². The van der Waals surface area contributed by atoms with E-state index in [4.69, 9.17) is 9.47 Å². The third kappa shape index (κ3) is 4.42. The summed E-state index contributed by atoms with van der Waals surface area (Å²) in [5.74, 6) is 1.90. The molecule has 0 unspecified atom stereocenters. The number of hydrogen-bond acceptors (Lipinski definition) is 9. The van der Waals surface area contributed by atoms with Crippen molar-refractivity contribution in [3.8, 4) is 11.5 Å². The maximum atomic E-state index is 12.2. The summed E-state index contributed by atoms with van der Waals surface area (Å²) in [6, 6.07) is 20.2. The molecule has 10 heteroatoms. The maximum absolute atomic E-state index is 12.2. The van der Waals surface area contributed by atoms with Crippen molar-refractivity contribution in [2.75, 3.05) is 23.4 Å². The molecule has 0 spiro atoms. The number of nitrogens with zero attached hydrogens (tertiary/aromatic N) is 5. The molecule has 0 radical (unpaired) electrons. The average molecular weight is 456 g/mol. The van der Waals surface area contributed by atoms with Crippen LogP contribution < -0.4 is 19.7 Å². The molecule has 2 aromatic heterocycles. The Morgan fingerprint density at radius 1 is 0.941 bits per heavy atom. The molecule has 1 aliphatic heterocycles. The van der Waals surface area contributed by atoms with Crippen molar-refractivity contribution in [2.24, 2.45) is 0 Å². The summed E-state index contributed by atoms with van der Waals surface area (Å²) in [6.07, 6.45) is 2.93. The second-order valence-electron chi connectivity index (χ2n) is 7.39. The van der Waals surface area contributed by atoms with Gasteiger partial charge in [-0.25, -0.2) is 15.0 Å². The highest BCUT2D eigenvalue weighted by Crippen LogP contribution is 2.39. The summed E-state index contributed by atoms with van der Waals surface area (Å²) < 4.78 is 11.2. The van der Waals surface area contributed by atoms with Gasteiger partial charge in [-0.1, -0.05) is 36.4 Å². The van der Waals surface area contributed by atoms with Gasteiger partial charge in [-0.05, 0) is 29.8 Å². The van der Waals surface area contributed by atoms with Crippen LogP contribution in [-0.2, 0) is 6.54 Å². The first-order chi connectivity index (χ1) is 16.7. The van der Waals surface area contributed by atoms with Crippen molar-refractivity contribution < 1.29 is 14.4 Å². The minimum atomic E-state index is -0.489. The van der Waals surface area contributed by atoms with Crippen LogP contribution in [0.3, 0.4) is 0 Å². The number of fused-ring (bicyclic) bond motifs is 1. The van der Waals surface area contributed by atoms with Crippen molar-refractivity contribution in [2.45, 2.75) is 6.54 Å². The van der Waals surface area contributed by atoms with Crippen LogP contribution in [0.4, 0.5) is 28.8 Å². The Kier molecular flexibility index (Phi) is 5.85. The van der Waals surface area contributed by atoms with Crippen LogP contribution in [0.1, 0.15) is 5.56 Å². The number of nitro groups is 1. The fraction of sp³-hybridized carbons (Fsp3) is 0.125. The summed E-state index contributed by atoms with van der Waals surface area (Å²) in [6.45, 7) is 1.25. The molecule has 2 aromatic carbocycles. The molecule has 1 aliphatic rings. The predicted molar refractivity (Wildman–Crippen MR) is 126 cm³/mol. The van der Waals surface area contributed by atoms with Crippen LogP contribution >= 0.6 is 0 Å². The molecule has 0 atom stereocenters. The van der Waals surface area contributed by atoms with E-state index in [-0.39, 0.29) is 17.3 Å². The highest BCUT2D eigenvalue weighted by Gasteiger charge is 2.29. The lowest BCUT2D eigenvalue weighted by molar-refractivity contribution is -0.383. The molecule has 10 nitrogen and oxygen atoms in total. The van der Waals surface area contributed by atoms with Gasteiger partial charge in [-0.3, -0.25) is 10.1 Å². The second kappa shape index (κ2) is 9.41. The fourth-order valence-electron chi connectivity index (χ4n) is 3.63. The molecule has 0 saturated carbocycles. The normalized spacial score (nSPS) is 12.1. The molecule has 3 heterocycles. The SMILES string of the molecule is O=[N+]([O-])c1c(Nc2ccc3c(c2)OCCO3)ncnc1N(Cc1ccccc1)c1ccccn1. The molecular weight excluding hydrogens is 436 g/mol. The molecule has 0 saturated heterocycles. The zero-order valence-corrected chi connectivity index (χ0v) is 18.0. The molecule has 170 valence electrons. The summed E-state index contributed by atoms with van der Waals surface area (Å²) in [4.78, 5) is 26.3. The standard InChI is InChI=1S/C24H20N6O4/c31-30(32)22-23(28-18-9-10-19-20(14-18)34-13-12-33-19)26-16-27-24(22)29(21-8-4-5-11-25-21)15-17-6-2-1-3-7-17/h1-11,14,16H,12-13,15H2,(H,26,27,28). The Hall–Kier alpha value is -4.73. The van der Waals surface area contributed by atoms with Crippen LogP contribution in [0.25, 0.3) is 0 Å². The van der Waals surface area contributed by atoms with Crippen molar-refractivity contribution in [3.63, 3.8) is 0 Å². The van der Waals surface area contributed by atoms with E-state index in [9.17, 15) is 10.1 Å². The number of rotatable bonds is 7. The van der Waals surface area contributed by atoms with Crippen molar-refractivity contribution in [3.05, 3.63) is 94.9 Å². The summed E-state index contributed by atoms with van der Waals surface area (Å²) >= 11 is 0. The molecular formula is C24H20N6O4. The van der Waals surface area contributed by atoms with E-state index < -0.39 is 4.92 Å². The van der Waals surface area contributed by atoms with Crippen LogP contribution in [-0.4, -0.2) is 33.1 Å². The smallest absolute Gasteiger partial charge is 0.354 e. The number of benzene rings is 2. The average Bonchev–Trinajstić information content (AvgIpc) is 2.88. The molecule has 1 N–H and O–H groups in total. The van der Waals surface area contributed by atoms with Crippen LogP contribution in [0, 0.1) is 10.1 Å². The zero-order chi connectivity index (χ0) is 23.3. The van der Waals surface area contributed by atoms with Gasteiger partial charge in [0.15, 0.2) is 11.5 Å². The summed E-state index contributed by atoms with van der Waals surface area (Å²) in [5.41, 5.74) is 1.26. The first-order valence-corrected chi connectivity index (χ1v) is 10.6. The van der Waals surface area contributed by atoms with Crippen molar-refractivity contribution in [1.29, 1.82) is 0 Å². The zero-order valence-electron chi connectivity index (χ0n) is 18.0. The van der Waals surface area contributed by atoms with Gasteiger partial charge in [0.05, 0.1) is 11.5 Å². The van der Waals surface area contributed by atoms with Crippen LogP contribution in [0.5, 0.6) is 11.5 Å². The Morgan fingerprint density at radius 3 is 2.50 bits per heavy atom. The minimum Gasteiger partial charge on any atom is -0.486 e. The topological polar surface area (TPSA) is 116 Å². The summed E-state index contributed by atoms with van der Waals surface area (Å²) in [7, 11) is 0. The molecule has 0 bridgehead atoms. The van der Waals surface area contributed by atoms with Gasteiger partial charge in [-0.2, -0.15) is 0 Å². The Morgan fingerprint density at radius 2 is 1.74 bits per heavy atom.